The van der Waals surface area contributed by atoms with E-state index in [9.17, 15) is 4.79 Å². The topological polar surface area (TPSA) is 68.1 Å². The van der Waals surface area contributed by atoms with Crippen LogP contribution in [0.5, 0.6) is 5.75 Å². The van der Waals surface area contributed by atoms with E-state index in [-0.39, 0.29) is 11.0 Å². The van der Waals surface area contributed by atoms with Crippen molar-refractivity contribution >= 4 is 43.9 Å². The number of thiophene rings is 1. The van der Waals surface area contributed by atoms with E-state index in [0.29, 0.717) is 27.5 Å². The Labute approximate surface area is 170 Å². The molecule has 2 aromatic heterocycles. The van der Waals surface area contributed by atoms with Crippen LogP contribution in [0.25, 0.3) is 32.1 Å². The summed E-state index contributed by atoms with van der Waals surface area (Å²) in [5.41, 5.74) is 9.89. The van der Waals surface area contributed by atoms with E-state index in [4.69, 9.17) is 22.1 Å². The van der Waals surface area contributed by atoms with Crippen LogP contribution in [0.3, 0.4) is 0 Å². The Hall–Kier alpha value is -2.34. The largest absolute Gasteiger partial charge is 0.496 e. The van der Waals surface area contributed by atoms with E-state index in [1.807, 2.05) is 11.4 Å². The van der Waals surface area contributed by atoms with Crippen LogP contribution in [-0.4, -0.2) is 18.6 Å². The number of hydrogen-bond donors (Lipinski definition) is 2. The lowest BCUT2D eigenvalue weighted by atomic mass is 9.92. The zero-order chi connectivity index (χ0) is 19.5. The zero-order valence-corrected chi connectivity index (χ0v) is 16.9. The summed E-state index contributed by atoms with van der Waals surface area (Å²) in [7, 11) is 1.64. The van der Waals surface area contributed by atoms with Gasteiger partial charge in [-0.2, -0.15) is 0 Å². The fourth-order valence-electron chi connectivity index (χ4n) is 4.07. The van der Waals surface area contributed by atoms with Crippen LogP contribution in [0.4, 0.5) is 0 Å². The third kappa shape index (κ3) is 2.50. The summed E-state index contributed by atoms with van der Waals surface area (Å²) < 4.78 is 6.37. The fraction of sp³-hybridized carbons (Fsp3) is 0.227. The molecule has 1 aliphatic rings. The number of nitrogens with one attached hydrogen (secondary N) is 1. The van der Waals surface area contributed by atoms with Gasteiger partial charge in [0.2, 0.25) is 0 Å². The van der Waals surface area contributed by atoms with Crippen molar-refractivity contribution in [2.24, 2.45) is 5.73 Å². The van der Waals surface area contributed by atoms with E-state index in [1.54, 1.807) is 13.2 Å². The Morgan fingerprint density at radius 2 is 2.00 bits per heavy atom. The van der Waals surface area contributed by atoms with Gasteiger partial charge in [-0.3, -0.25) is 4.79 Å². The molecular formula is C22H19ClN2O2S. The third-order valence-corrected chi connectivity index (χ3v) is 7.08. The first-order chi connectivity index (χ1) is 13.6. The highest BCUT2D eigenvalue weighted by Gasteiger charge is 2.42. The molecule has 142 valence electrons. The summed E-state index contributed by atoms with van der Waals surface area (Å²) in [5.74, 6) is 0.685. The SMILES string of the molecule is COc1cc(Cl)c2[nH]c(=O)c3sccc3c2c1-c1ccc(C2(CN)CC2)cc1. The number of halogens is 1. The molecule has 1 saturated carbocycles. The van der Waals surface area contributed by atoms with Gasteiger partial charge in [0.25, 0.3) is 5.56 Å². The molecule has 2 aromatic carbocycles. The highest BCUT2D eigenvalue weighted by atomic mass is 35.5. The van der Waals surface area contributed by atoms with Crippen molar-refractivity contribution < 1.29 is 4.74 Å². The highest BCUT2D eigenvalue weighted by molar-refractivity contribution is 7.17. The predicted molar refractivity (Wildman–Crippen MR) is 117 cm³/mol. The zero-order valence-electron chi connectivity index (χ0n) is 15.3. The Morgan fingerprint density at radius 3 is 2.64 bits per heavy atom. The van der Waals surface area contributed by atoms with Crippen LogP contribution in [0.2, 0.25) is 5.02 Å². The van der Waals surface area contributed by atoms with Gasteiger partial charge in [-0.05, 0) is 35.4 Å². The maximum absolute atomic E-state index is 12.5. The standard InChI is InChI=1S/C22H19ClN2O2S/c1-27-16-10-15(23)19-18(14-6-9-28-20(14)21(26)25-19)17(16)12-2-4-13(5-3-12)22(11-24)7-8-22/h2-6,9-10H,7-8,11,24H2,1H3,(H,25,26). The fourth-order valence-corrected chi connectivity index (χ4v) is 5.11. The van der Waals surface area contributed by atoms with Crippen molar-refractivity contribution in [2.45, 2.75) is 18.3 Å². The highest BCUT2D eigenvalue weighted by Crippen LogP contribution is 2.48. The molecule has 1 fully saturated rings. The van der Waals surface area contributed by atoms with Crippen LogP contribution in [0.15, 0.2) is 46.6 Å². The van der Waals surface area contributed by atoms with E-state index in [1.165, 1.54) is 16.9 Å². The van der Waals surface area contributed by atoms with Crippen LogP contribution < -0.4 is 16.0 Å². The molecule has 0 saturated heterocycles. The number of H-pyrrole nitrogens is 1. The molecule has 3 N–H and O–H groups in total. The van der Waals surface area contributed by atoms with Gasteiger partial charge in [0.05, 0.1) is 17.6 Å². The Kier molecular flexibility index (Phi) is 4.02. The molecule has 1 aliphatic carbocycles. The minimum Gasteiger partial charge on any atom is -0.496 e. The summed E-state index contributed by atoms with van der Waals surface area (Å²) in [6.07, 6.45) is 2.29. The molecule has 2 heterocycles. The quantitative estimate of drug-likeness (QED) is 0.494. The summed E-state index contributed by atoms with van der Waals surface area (Å²) in [6.45, 7) is 0.677. The molecule has 0 aliphatic heterocycles. The number of benzene rings is 2. The van der Waals surface area contributed by atoms with Crippen LogP contribution in [0, 0.1) is 0 Å². The van der Waals surface area contributed by atoms with E-state index in [0.717, 1.165) is 34.7 Å². The first-order valence-electron chi connectivity index (χ1n) is 9.18. The van der Waals surface area contributed by atoms with Gasteiger partial charge in [0.1, 0.15) is 10.4 Å². The molecule has 0 unspecified atom stereocenters. The molecule has 4 nitrogen and oxygen atoms in total. The summed E-state index contributed by atoms with van der Waals surface area (Å²) in [4.78, 5) is 15.4. The van der Waals surface area contributed by atoms with E-state index < -0.39 is 0 Å². The van der Waals surface area contributed by atoms with Gasteiger partial charge >= 0.3 is 0 Å². The molecule has 0 atom stereocenters. The minimum absolute atomic E-state index is 0.121. The summed E-state index contributed by atoms with van der Waals surface area (Å²) >= 11 is 7.92. The predicted octanol–water partition coefficient (Wildman–Crippen LogP) is 5.06. The van der Waals surface area contributed by atoms with Gasteiger partial charge in [0.15, 0.2) is 0 Å². The van der Waals surface area contributed by atoms with Crippen LogP contribution in [0.1, 0.15) is 18.4 Å². The smallest absolute Gasteiger partial charge is 0.266 e. The maximum Gasteiger partial charge on any atom is 0.266 e. The number of ether oxygens (including phenoxy) is 1. The van der Waals surface area contributed by atoms with Gasteiger partial charge in [0, 0.05) is 34.4 Å². The van der Waals surface area contributed by atoms with Crippen molar-refractivity contribution in [1.82, 2.24) is 4.98 Å². The van der Waals surface area contributed by atoms with Crippen molar-refractivity contribution in [3.05, 3.63) is 62.7 Å². The number of aromatic nitrogens is 1. The summed E-state index contributed by atoms with van der Waals surface area (Å²) in [6, 6.07) is 12.3. The average Bonchev–Trinajstić information content (AvgIpc) is 3.36. The van der Waals surface area contributed by atoms with Gasteiger partial charge in [-0.25, -0.2) is 0 Å². The molecule has 0 radical (unpaired) electrons. The number of fused-ring (bicyclic) bond motifs is 3. The molecule has 5 rings (SSSR count). The maximum atomic E-state index is 12.5. The number of pyridine rings is 1. The Balaban J connectivity index is 1.82. The second kappa shape index (κ2) is 6.34. The van der Waals surface area contributed by atoms with Crippen molar-refractivity contribution in [2.75, 3.05) is 13.7 Å². The first-order valence-corrected chi connectivity index (χ1v) is 10.4. The number of methoxy groups -OCH3 is 1. The lowest BCUT2D eigenvalue weighted by molar-refractivity contribution is 0.417. The van der Waals surface area contributed by atoms with Crippen molar-refractivity contribution in [3.63, 3.8) is 0 Å². The third-order valence-electron chi connectivity index (χ3n) is 5.87. The van der Waals surface area contributed by atoms with Gasteiger partial charge in [-0.1, -0.05) is 35.9 Å². The van der Waals surface area contributed by atoms with Gasteiger partial charge in [-0.15, -0.1) is 11.3 Å². The number of rotatable bonds is 4. The van der Waals surface area contributed by atoms with E-state index >= 15 is 0 Å². The van der Waals surface area contributed by atoms with Crippen molar-refractivity contribution in [1.29, 1.82) is 0 Å². The Morgan fingerprint density at radius 1 is 1.25 bits per heavy atom. The molecule has 0 bridgehead atoms. The molecule has 6 heteroatoms. The number of aromatic amines is 1. The normalized spacial score (nSPS) is 15.2. The summed E-state index contributed by atoms with van der Waals surface area (Å²) in [5, 5.41) is 4.20. The number of hydrogen-bond acceptors (Lipinski definition) is 4. The molecule has 4 aromatic rings. The van der Waals surface area contributed by atoms with Gasteiger partial charge < -0.3 is 15.5 Å². The number of nitrogens with two attached hydrogens (primary N) is 1. The second-order valence-corrected chi connectivity index (χ2v) is 8.69. The lowest BCUT2D eigenvalue weighted by Crippen LogP contribution is -2.19. The average molecular weight is 411 g/mol. The Bertz CT molecular complexity index is 1270. The molecule has 0 amide bonds. The van der Waals surface area contributed by atoms with Crippen LogP contribution in [-0.2, 0) is 5.41 Å². The first kappa shape index (κ1) is 17.7. The monoisotopic (exact) mass is 410 g/mol. The lowest BCUT2D eigenvalue weighted by Gasteiger charge is -2.17. The van der Waals surface area contributed by atoms with E-state index in [2.05, 4.69) is 29.2 Å². The van der Waals surface area contributed by atoms with Crippen molar-refractivity contribution in [3.8, 4) is 16.9 Å². The second-order valence-electron chi connectivity index (χ2n) is 7.36. The molecule has 0 spiro atoms. The minimum atomic E-state index is -0.121. The van der Waals surface area contributed by atoms with Crippen LogP contribution >= 0.6 is 22.9 Å². The molecular weight excluding hydrogens is 392 g/mol. The molecule has 28 heavy (non-hydrogen) atoms.